The molecule has 1 rings (SSSR count). The van der Waals surface area contributed by atoms with Gasteiger partial charge in [0.1, 0.15) is 0 Å². The van der Waals surface area contributed by atoms with Crippen LogP contribution in [-0.2, 0) is 6.54 Å². The monoisotopic (exact) mass is 251 g/mol. The molecule has 3 heteroatoms. The van der Waals surface area contributed by atoms with Gasteiger partial charge >= 0.3 is 0 Å². The minimum absolute atomic E-state index is 0.748. The summed E-state index contributed by atoms with van der Waals surface area (Å²) in [6.45, 7) is 6.92. The summed E-state index contributed by atoms with van der Waals surface area (Å²) >= 11 is 0. The Morgan fingerprint density at radius 1 is 1.17 bits per heavy atom. The SMILES string of the molecule is CCCCOc1c(CNCCC)cccc1OC. The van der Waals surface area contributed by atoms with Crippen molar-refractivity contribution >= 4 is 0 Å². The van der Waals surface area contributed by atoms with E-state index in [4.69, 9.17) is 9.47 Å². The summed E-state index contributed by atoms with van der Waals surface area (Å²) in [6, 6.07) is 6.05. The molecule has 1 aromatic carbocycles. The van der Waals surface area contributed by atoms with Crippen LogP contribution < -0.4 is 14.8 Å². The zero-order chi connectivity index (χ0) is 13.2. The third kappa shape index (κ3) is 4.57. The van der Waals surface area contributed by atoms with Crippen LogP contribution in [0.15, 0.2) is 18.2 Å². The average Bonchev–Trinajstić information content (AvgIpc) is 2.40. The van der Waals surface area contributed by atoms with Crippen molar-refractivity contribution in [2.24, 2.45) is 0 Å². The van der Waals surface area contributed by atoms with Gasteiger partial charge in [-0.1, -0.05) is 32.4 Å². The van der Waals surface area contributed by atoms with E-state index in [1.54, 1.807) is 7.11 Å². The fourth-order valence-electron chi connectivity index (χ4n) is 1.74. The van der Waals surface area contributed by atoms with Crippen LogP contribution in [0.2, 0.25) is 0 Å². The molecule has 0 aliphatic heterocycles. The van der Waals surface area contributed by atoms with Crippen LogP contribution >= 0.6 is 0 Å². The minimum atomic E-state index is 0.748. The maximum atomic E-state index is 5.87. The van der Waals surface area contributed by atoms with Gasteiger partial charge in [0.05, 0.1) is 13.7 Å². The first kappa shape index (κ1) is 14.8. The molecule has 0 aliphatic carbocycles. The summed E-state index contributed by atoms with van der Waals surface area (Å²) in [5.41, 5.74) is 1.17. The van der Waals surface area contributed by atoms with E-state index in [2.05, 4.69) is 25.2 Å². The van der Waals surface area contributed by atoms with E-state index in [1.807, 2.05) is 12.1 Å². The van der Waals surface area contributed by atoms with Gasteiger partial charge < -0.3 is 14.8 Å². The van der Waals surface area contributed by atoms with Gasteiger partial charge in [0, 0.05) is 12.1 Å². The number of methoxy groups -OCH3 is 1. The van der Waals surface area contributed by atoms with Crippen molar-refractivity contribution in [3.8, 4) is 11.5 Å². The Hall–Kier alpha value is -1.22. The summed E-state index contributed by atoms with van der Waals surface area (Å²) in [7, 11) is 1.69. The van der Waals surface area contributed by atoms with Gasteiger partial charge in [-0.25, -0.2) is 0 Å². The molecule has 0 atom stereocenters. The lowest BCUT2D eigenvalue weighted by Gasteiger charge is -2.15. The van der Waals surface area contributed by atoms with Crippen molar-refractivity contribution in [3.05, 3.63) is 23.8 Å². The van der Waals surface area contributed by atoms with E-state index in [0.29, 0.717) is 0 Å². The van der Waals surface area contributed by atoms with Crippen molar-refractivity contribution in [1.29, 1.82) is 0 Å². The average molecular weight is 251 g/mol. The summed E-state index contributed by atoms with van der Waals surface area (Å²) in [5, 5.41) is 3.40. The van der Waals surface area contributed by atoms with E-state index in [0.717, 1.165) is 50.5 Å². The van der Waals surface area contributed by atoms with Gasteiger partial charge in [0.2, 0.25) is 0 Å². The molecule has 0 saturated carbocycles. The Kier molecular flexibility index (Phi) is 7.26. The number of ether oxygens (including phenoxy) is 2. The number of hydrogen-bond acceptors (Lipinski definition) is 3. The topological polar surface area (TPSA) is 30.5 Å². The third-order valence-electron chi connectivity index (χ3n) is 2.77. The highest BCUT2D eigenvalue weighted by Gasteiger charge is 2.09. The van der Waals surface area contributed by atoms with Crippen LogP contribution in [0.3, 0.4) is 0 Å². The maximum Gasteiger partial charge on any atom is 0.165 e. The van der Waals surface area contributed by atoms with Gasteiger partial charge in [-0.3, -0.25) is 0 Å². The predicted octanol–water partition coefficient (Wildman–Crippen LogP) is 3.37. The van der Waals surface area contributed by atoms with Gasteiger partial charge in [0.25, 0.3) is 0 Å². The third-order valence-corrected chi connectivity index (χ3v) is 2.77. The molecule has 0 amide bonds. The minimum Gasteiger partial charge on any atom is -0.493 e. The normalized spacial score (nSPS) is 10.4. The highest BCUT2D eigenvalue weighted by Crippen LogP contribution is 2.31. The molecule has 0 aromatic heterocycles. The Labute approximate surface area is 110 Å². The van der Waals surface area contributed by atoms with Crippen LogP contribution in [0, 0.1) is 0 Å². The van der Waals surface area contributed by atoms with E-state index < -0.39 is 0 Å². The highest BCUT2D eigenvalue weighted by molar-refractivity contribution is 5.46. The number of benzene rings is 1. The molecular formula is C15H25NO2. The fourth-order valence-corrected chi connectivity index (χ4v) is 1.74. The van der Waals surface area contributed by atoms with Crippen molar-refractivity contribution < 1.29 is 9.47 Å². The first-order valence-electron chi connectivity index (χ1n) is 6.82. The first-order valence-corrected chi connectivity index (χ1v) is 6.82. The molecule has 0 fully saturated rings. The number of nitrogens with one attached hydrogen (secondary N) is 1. The van der Waals surface area contributed by atoms with Crippen molar-refractivity contribution in [2.75, 3.05) is 20.3 Å². The summed E-state index contributed by atoms with van der Waals surface area (Å²) in [4.78, 5) is 0. The molecule has 0 heterocycles. The lowest BCUT2D eigenvalue weighted by atomic mass is 10.2. The molecule has 102 valence electrons. The van der Waals surface area contributed by atoms with Crippen LogP contribution in [-0.4, -0.2) is 20.3 Å². The van der Waals surface area contributed by atoms with E-state index in [-0.39, 0.29) is 0 Å². The Balaban J connectivity index is 2.72. The number of unbranched alkanes of at least 4 members (excludes halogenated alkanes) is 1. The van der Waals surface area contributed by atoms with Crippen LogP contribution in [0.4, 0.5) is 0 Å². The second-order valence-electron chi connectivity index (χ2n) is 4.33. The molecule has 0 spiro atoms. The molecule has 0 bridgehead atoms. The Morgan fingerprint density at radius 3 is 2.67 bits per heavy atom. The number of rotatable bonds is 9. The second kappa shape index (κ2) is 8.81. The Morgan fingerprint density at radius 2 is 2.00 bits per heavy atom. The first-order chi connectivity index (χ1) is 8.83. The number of para-hydroxylation sites is 1. The highest BCUT2D eigenvalue weighted by atomic mass is 16.5. The second-order valence-corrected chi connectivity index (χ2v) is 4.33. The van der Waals surface area contributed by atoms with Gasteiger partial charge in [-0.2, -0.15) is 0 Å². The molecule has 3 nitrogen and oxygen atoms in total. The largest absolute Gasteiger partial charge is 0.493 e. The fraction of sp³-hybridized carbons (Fsp3) is 0.600. The standard InChI is InChI=1S/C15H25NO2/c1-4-6-11-18-15-13(12-16-10-5-2)8-7-9-14(15)17-3/h7-9,16H,4-6,10-12H2,1-3H3. The zero-order valence-corrected chi connectivity index (χ0v) is 11.8. The quantitative estimate of drug-likeness (QED) is 0.683. The van der Waals surface area contributed by atoms with E-state index in [9.17, 15) is 0 Å². The van der Waals surface area contributed by atoms with Crippen LogP contribution in [0.25, 0.3) is 0 Å². The van der Waals surface area contributed by atoms with Crippen molar-refractivity contribution in [1.82, 2.24) is 5.32 Å². The predicted molar refractivity (Wildman–Crippen MR) is 75.4 cm³/mol. The summed E-state index contributed by atoms with van der Waals surface area (Å²) < 4.78 is 11.2. The molecule has 0 radical (unpaired) electrons. The Bertz CT molecular complexity index is 339. The number of hydrogen-bond donors (Lipinski definition) is 1. The molecule has 0 unspecified atom stereocenters. The smallest absolute Gasteiger partial charge is 0.165 e. The van der Waals surface area contributed by atoms with Crippen LogP contribution in [0.1, 0.15) is 38.7 Å². The molecule has 0 aliphatic rings. The van der Waals surface area contributed by atoms with Crippen LogP contribution in [0.5, 0.6) is 11.5 Å². The molecule has 1 aromatic rings. The van der Waals surface area contributed by atoms with E-state index in [1.165, 1.54) is 5.56 Å². The maximum absolute atomic E-state index is 5.87. The zero-order valence-electron chi connectivity index (χ0n) is 11.8. The van der Waals surface area contributed by atoms with Gasteiger partial charge in [-0.15, -0.1) is 0 Å². The lowest BCUT2D eigenvalue weighted by Crippen LogP contribution is -2.15. The van der Waals surface area contributed by atoms with Crippen molar-refractivity contribution in [3.63, 3.8) is 0 Å². The van der Waals surface area contributed by atoms with Gasteiger partial charge in [-0.05, 0) is 25.5 Å². The molecule has 0 saturated heterocycles. The molecule has 18 heavy (non-hydrogen) atoms. The summed E-state index contributed by atoms with van der Waals surface area (Å²) in [6.07, 6.45) is 3.34. The summed E-state index contributed by atoms with van der Waals surface area (Å²) in [5.74, 6) is 1.71. The van der Waals surface area contributed by atoms with Crippen molar-refractivity contribution in [2.45, 2.75) is 39.7 Å². The van der Waals surface area contributed by atoms with Gasteiger partial charge in [0.15, 0.2) is 11.5 Å². The van der Waals surface area contributed by atoms with E-state index >= 15 is 0 Å². The molecular weight excluding hydrogens is 226 g/mol. The lowest BCUT2D eigenvalue weighted by molar-refractivity contribution is 0.284. The molecule has 1 N–H and O–H groups in total.